The molecule has 2 N–H and O–H groups in total. The average Bonchev–Trinajstić information content (AvgIpc) is 2.55. The van der Waals surface area contributed by atoms with Crippen LogP contribution in [0, 0.1) is 11.7 Å². The normalized spacial score (nSPS) is 18.1. The molecule has 1 aromatic carbocycles. The van der Waals surface area contributed by atoms with Crippen molar-refractivity contribution in [2.24, 2.45) is 5.92 Å². The first-order valence-corrected chi connectivity index (χ1v) is 7.59. The van der Waals surface area contributed by atoms with Crippen LogP contribution in [0.25, 0.3) is 0 Å². The predicted octanol–water partition coefficient (Wildman–Crippen LogP) is 1.01. The maximum atomic E-state index is 12.9. The molecule has 1 aliphatic heterocycles. The van der Waals surface area contributed by atoms with Crippen molar-refractivity contribution in [3.63, 3.8) is 0 Å². The molecule has 6 heteroatoms. The van der Waals surface area contributed by atoms with Gasteiger partial charge in [0, 0.05) is 31.7 Å². The zero-order valence-electron chi connectivity index (χ0n) is 12.8. The lowest BCUT2D eigenvalue weighted by Gasteiger charge is -2.32. The van der Waals surface area contributed by atoms with Gasteiger partial charge in [0.15, 0.2) is 0 Å². The zero-order valence-corrected chi connectivity index (χ0v) is 12.8. The summed E-state index contributed by atoms with van der Waals surface area (Å²) in [5, 5.41) is 5.84. The number of carbonyl (C=O) groups excluding carboxylic acids is 2. The fraction of sp³-hybridized carbons (Fsp3) is 0.500. The summed E-state index contributed by atoms with van der Waals surface area (Å²) in [7, 11) is 1.83. The van der Waals surface area contributed by atoms with Crippen molar-refractivity contribution in [1.29, 1.82) is 0 Å². The highest BCUT2D eigenvalue weighted by molar-refractivity contribution is 5.94. The lowest BCUT2D eigenvalue weighted by molar-refractivity contribution is -0.126. The van der Waals surface area contributed by atoms with Gasteiger partial charge >= 0.3 is 0 Å². The van der Waals surface area contributed by atoms with Crippen LogP contribution in [-0.2, 0) is 4.79 Å². The third-order valence-corrected chi connectivity index (χ3v) is 3.84. The van der Waals surface area contributed by atoms with E-state index in [9.17, 15) is 14.0 Å². The van der Waals surface area contributed by atoms with E-state index >= 15 is 0 Å². The van der Waals surface area contributed by atoms with Gasteiger partial charge in [-0.2, -0.15) is 0 Å². The minimum absolute atomic E-state index is 0.00754. The Hall–Kier alpha value is -1.95. The maximum absolute atomic E-state index is 12.9. The fourth-order valence-electron chi connectivity index (χ4n) is 2.61. The van der Waals surface area contributed by atoms with Gasteiger partial charge in [0.1, 0.15) is 5.82 Å². The molecule has 5 nitrogen and oxygen atoms in total. The van der Waals surface area contributed by atoms with Gasteiger partial charge in [-0.05, 0) is 44.2 Å². The average molecular weight is 307 g/mol. The lowest BCUT2D eigenvalue weighted by Crippen LogP contribution is -2.46. The Labute approximate surface area is 129 Å². The van der Waals surface area contributed by atoms with Crippen LogP contribution < -0.4 is 10.6 Å². The molecule has 0 spiro atoms. The molecule has 120 valence electrons. The molecule has 0 bridgehead atoms. The number of rotatable bonds is 5. The predicted molar refractivity (Wildman–Crippen MR) is 82.0 cm³/mol. The molecular formula is C16H22FN3O2. The first kappa shape index (κ1) is 16.4. The number of nitrogens with zero attached hydrogens (tertiary/aromatic N) is 1. The SMILES string of the molecule is CNCCNC(=O)C1CCCN(C(=O)c2ccc(F)cc2)C1. The first-order valence-electron chi connectivity index (χ1n) is 7.59. The molecule has 2 rings (SSSR count). The van der Waals surface area contributed by atoms with Gasteiger partial charge in [-0.15, -0.1) is 0 Å². The van der Waals surface area contributed by atoms with Gasteiger partial charge < -0.3 is 15.5 Å². The molecule has 0 radical (unpaired) electrons. The van der Waals surface area contributed by atoms with Crippen molar-refractivity contribution < 1.29 is 14.0 Å². The Morgan fingerprint density at radius 1 is 1.27 bits per heavy atom. The third kappa shape index (κ3) is 4.27. The van der Waals surface area contributed by atoms with Crippen molar-refractivity contribution in [2.45, 2.75) is 12.8 Å². The molecule has 1 atom stereocenters. The Morgan fingerprint density at radius 3 is 2.68 bits per heavy atom. The summed E-state index contributed by atoms with van der Waals surface area (Å²) in [6, 6.07) is 5.51. The second kappa shape index (κ2) is 7.89. The number of nitrogens with one attached hydrogen (secondary N) is 2. The molecule has 2 amide bonds. The van der Waals surface area contributed by atoms with E-state index in [0.717, 1.165) is 19.4 Å². The summed E-state index contributed by atoms with van der Waals surface area (Å²) < 4.78 is 12.9. The standard InChI is InChI=1S/C16H22FN3O2/c1-18-8-9-19-15(21)13-3-2-10-20(11-13)16(22)12-4-6-14(17)7-5-12/h4-7,13,18H,2-3,8-11H2,1H3,(H,19,21). The largest absolute Gasteiger partial charge is 0.355 e. The van der Waals surface area contributed by atoms with Crippen LogP contribution in [0.2, 0.25) is 0 Å². The summed E-state index contributed by atoms with van der Waals surface area (Å²) in [4.78, 5) is 26.2. The Morgan fingerprint density at radius 2 is 2.00 bits per heavy atom. The summed E-state index contributed by atoms with van der Waals surface area (Å²) in [6.07, 6.45) is 1.59. The van der Waals surface area contributed by atoms with E-state index in [2.05, 4.69) is 10.6 Å². The van der Waals surface area contributed by atoms with Crippen LogP contribution in [0.1, 0.15) is 23.2 Å². The van der Waals surface area contributed by atoms with Crippen LogP contribution in [0.4, 0.5) is 4.39 Å². The number of benzene rings is 1. The van der Waals surface area contributed by atoms with E-state index in [1.807, 2.05) is 7.05 Å². The number of carbonyl (C=O) groups is 2. The van der Waals surface area contributed by atoms with Crippen LogP contribution in [0.15, 0.2) is 24.3 Å². The molecular weight excluding hydrogens is 285 g/mol. The fourth-order valence-corrected chi connectivity index (χ4v) is 2.61. The third-order valence-electron chi connectivity index (χ3n) is 3.84. The smallest absolute Gasteiger partial charge is 0.253 e. The maximum Gasteiger partial charge on any atom is 0.253 e. The topological polar surface area (TPSA) is 61.4 Å². The van der Waals surface area contributed by atoms with Gasteiger partial charge in [0.05, 0.1) is 5.92 Å². The minimum atomic E-state index is -0.364. The van der Waals surface area contributed by atoms with Crippen LogP contribution in [0.5, 0.6) is 0 Å². The Bertz CT molecular complexity index is 519. The quantitative estimate of drug-likeness (QED) is 0.798. The molecule has 1 aliphatic rings. The molecule has 1 heterocycles. The van der Waals surface area contributed by atoms with Gasteiger partial charge in [-0.1, -0.05) is 0 Å². The van der Waals surface area contributed by atoms with Gasteiger partial charge in [-0.3, -0.25) is 9.59 Å². The second-order valence-electron chi connectivity index (χ2n) is 5.49. The van der Waals surface area contributed by atoms with Crippen molar-refractivity contribution in [2.75, 3.05) is 33.2 Å². The summed E-state index contributed by atoms with van der Waals surface area (Å²) in [6.45, 7) is 2.35. The van der Waals surface area contributed by atoms with Crippen LogP contribution in [-0.4, -0.2) is 49.9 Å². The van der Waals surface area contributed by atoms with Crippen molar-refractivity contribution >= 4 is 11.8 Å². The van der Waals surface area contributed by atoms with E-state index in [1.165, 1.54) is 24.3 Å². The molecule has 1 saturated heterocycles. The van der Waals surface area contributed by atoms with Crippen LogP contribution >= 0.6 is 0 Å². The number of likely N-dealkylation sites (tertiary alicyclic amines) is 1. The second-order valence-corrected chi connectivity index (χ2v) is 5.49. The molecule has 1 fully saturated rings. The zero-order chi connectivity index (χ0) is 15.9. The first-order chi connectivity index (χ1) is 10.6. The summed E-state index contributed by atoms with van der Waals surface area (Å²) in [5.74, 6) is -0.688. The minimum Gasteiger partial charge on any atom is -0.355 e. The van der Waals surface area contributed by atoms with E-state index in [0.29, 0.717) is 25.2 Å². The van der Waals surface area contributed by atoms with Crippen LogP contribution in [0.3, 0.4) is 0 Å². The molecule has 0 aromatic heterocycles. The van der Waals surface area contributed by atoms with Crippen molar-refractivity contribution in [1.82, 2.24) is 15.5 Å². The number of likely N-dealkylation sites (N-methyl/N-ethyl adjacent to an activating group) is 1. The highest BCUT2D eigenvalue weighted by Crippen LogP contribution is 2.19. The number of hydrogen-bond acceptors (Lipinski definition) is 3. The monoisotopic (exact) mass is 307 g/mol. The molecule has 22 heavy (non-hydrogen) atoms. The highest BCUT2D eigenvalue weighted by atomic mass is 19.1. The van der Waals surface area contributed by atoms with Gasteiger partial charge in [0.2, 0.25) is 5.91 Å². The van der Waals surface area contributed by atoms with Gasteiger partial charge in [-0.25, -0.2) is 4.39 Å². The summed E-state index contributed by atoms with van der Waals surface area (Å²) in [5.41, 5.74) is 0.456. The van der Waals surface area contributed by atoms with E-state index in [4.69, 9.17) is 0 Å². The van der Waals surface area contributed by atoms with E-state index in [-0.39, 0.29) is 23.5 Å². The Balaban J connectivity index is 1.93. The lowest BCUT2D eigenvalue weighted by atomic mass is 9.96. The van der Waals surface area contributed by atoms with Crippen molar-refractivity contribution in [3.8, 4) is 0 Å². The number of amides is 2. The summed E-state index contributed by atoms with van der Waals surface area (Å²) >= 11 is 0. The van der Waals surface area contributed by atoms with Crippen molar-refractivity contribution in [3.05, 3.63) is 35.6 Å². The van der Waals surface area contributed by atoms with E-state index in [1.54, 1.807) is 4.90 Å². The molecule has 1 unspecified atom stereocenters. The number of piperidine rings is 1. The molecule has 0 saturated carbocycles. The number of hydrogen-bond donors (Lipinski definition) is 2. The molecule has 0 aliphatic carbocycles. The highest BCUT2D eigenvalue weighted by Gasteiger charge is 2.28. The van der Waals surface area contributed by atoms with Gasteiger partial charge in [0.25, 0.3) is 5.91 Å². The van der Waals surface area contributed by atoms with E-state index < -0.39 is 0 Å². The Kier molecular flexibility index (Phi) is 5.89. The molecule has 1 aromatic rings. The number of halogens is 1.